The van der Waals surface area contributed by atoms with Crippen LogP contribution in [0, 0.1) is 20.8 Å². The van der Waals surface area contributed by atoms with Crippen molar-refractivity contribution >= 4 is 26.9 Å². The highest BCUT2D eigenvalue weighted by Gasteiger charge is 2.19. The van der Waals surface area contributed by atoms with E-state index in [0.717, 1.165) is 23.2 Å². The molecule has 0 unspecified atom stereocenters. The van der Waals surface area contributed by atoms with Crippen molar-refractivity contribution in [2.45, 2.75) is 32.1 Å². The Morgan fingerprint density at radius 1 is 1.07 bits per heavy atom. The van der Waals surface area contributed by atoms with Crippen LogP contribution in [-0.4, -0.2) is 25.9 Å². The Morgan fingerprint density at radius 2 is 1.74 bits per heavy atom. The molecule has 3 aromatic rings. The number of hydrogen-bond donors (Lipinski definition) is 4. The van der Waals surface area contributed by atoms with Gasteiger partial charge < -0.3 is 4.98 Å². The van der Waals surface area contributed by atoms with Crippen LogP contribution < -0.4 is 15.4 Å². The number of fused-ring (bicyclic) bond motifs is 1. The predicted molar refractivity (Wildman–Crippen MR) is 108 cm³/mol. The van der Waals surface area contributed by atoms with Gasteiger partial charge in [0.15, 0.2) is 0 Å². The molecule has 0 amide bonds. The molecule has 7 heteroatoms. The molecule has 0 aliphatic carbocycles. The summed E-state index contributed by atoms with van der Waals surface area (Å²) in [6, 6.07) is 12.9. The molecule has 0 bridgehead atoms. The molecule has 27 heavy (non-hydrogen) atoms. The lowest BCUT2D eigenvalue weighted by Crippen LogP contribution is -2.79. The quantitative estimate of drug-likeness (QED) is 0.389. The first-order valence-corrected chi connectivity index (χ1v) is 10.3. The van der Waals surface area contributed by atoms with E-state index in [2.05, 4.69) is 39.8 Å². The molecule has 0 saturated heterocycles. The van der Waals surface area contributed by atoms with Crippen molar-refractivity contribution in [1.29, 1.82) is 0 Å². The molecule has 0 aliphatic heterocycles. The fourth-order valence-electron chi connectivity index (χ4n) is 3.10. The van der Waals surface area contributed by atoms with Crippen molar-refractivity contribution in [1.82, 2.24) is 9.71 Å². The summed E-state index contributed by atoms with van der Waals surface area (Å²) in [5, 5.41) is 1.19. The zero-order chi connectivity index (χ0) is 19.6. The Bertz CT molecular complexity index is 1100. The minimum absolute atomic E-state index is 0.0178. The Morgan fingerprint density at radius 3 is 2.44 bits per heavy atom. The van der Waals surface area contributed by atoms with Crippen LogP contribution in [0.4, 0.5) is 0 Å². The highest BCUT2D eigenvalue weighted by atomic mass is 32.2. The van der Waals surface area contributed by atoms with Crippen LogP contribution >= 0.6 is 0 Å². The first-order chi connectivity index (χ1) is 12.8. The summed E-state index contributed by atoms with van der Waals surface area (Å²) in [6.45, 7) is 6.53. The van der Waals surface area contributed by atoms with Crippen molar-refractivity contribution < 1.29 is 13.4 Å². The molecule has 0 aliphatic rings. The molecule has 2 aromatic carbocycles. The van der Waals surface area contributed by atoms with Gasteiger partial charge in [0, 0.05) is 23.0 Å². The molecular weight excluding hydrogens is 360 g/mol. The molecule has 0 atom stereocenters. The van der Waals surface area contributed by atoms with Gasteiger partial charge in [0.25, 0.3) is 0 Å². The van der Waals surface area contributed by atoms with Gasteiger partial charge in [-0.1, -0.05) is 29.3 Å². The number of nitrogens with one attached hydrogen (secondary N) is 3. The lowest BCUT2D eigenvalue weighted by Gasteiger charge is -2.03. The van der Waals surface area contributed by atoms with E-state index in [9.17, 15) is 8.42 Å². The molecule has 3 rings (SSSR count). The number of aryl methyl sites for hydroxylation is 3. The monoisotopic (exact) mass is 385 g/mol. The Labute approximate surface area is 159 Å². The standard InChI is InChI=1S/C20H24N4O2S/c1-13-4-7-16(8-5-13)27(25,26)24-20(21)22-11-10-17-15(3)23-19-9-6-14(2)12-18(17)19/h4-9,12,23H,10-11H2,1-3H3,(H3,21,22,24)/p+1. The van der Waals surface area contributed by atoms with Gasteiger partial charge in [0.1, 0.15) is 4.90 Å². The van der Waals surface area contributed by atoms with Crippen molar-refractivity contribution in [3.8, 4) is 0 Å². The van der Waals surface area contributed by atoms with E-state index >= 15 is 0 Å². The maximum absolute atomic E-state index is 12.4. The van der Waals surface area contributed by atoms with Gasteiger partial charge in [-0.3, -0.25) is 10.7 Å². The number of rotatable bonds is 5. The first kappa shape index (κ1) is 19.0. The molecule has 0 saturated carbocycles. The molecule has 0 radical (unpaired) electrons. The smallest absolute Gasteiger partial charge is 0.356 e. The van der Waals surface area contributed by atoms with E-state index in [0.29, 0.717) is 6.54 Å². The lowest BCUT2D eigenvalue weighted by molar-refractivity contribution is -0.458. The fraction of sp³-hybridized carbons (Fsp3) is 0.250. The molecular formula is C20H25N4O2S+. The maximum Gasteiger partial charge on any atom is 0.356 e. The number of aromatic nitrogens is 1. The van der Waals surface area contributed by atoms with Gasteiger partial charge in [-0.05, 0) is 50.6 Å². The minimum Gasteiger partial charge on any atom is -0.358 e. The van der Waals surface area contributed by atoms with Gasteiger partial charge in [-0.15, -0.1) is 0 Å². The van der Waals surface area contributed by atoms with Crippen molar-refractivity contribution in [2.24, 2.45) is 5.73 Å². The third-order valence-corrected chi connectivity index (χ3v) is 5.92. The van der Waals surface area contributed by atoms with E-state index < -0.39 is 10.0 Å². The summed E-state index contributed by atoms with van der Waals surface area (Å²) in [5.41, 5.74) is 11.5. The van der Waals surface area contributed by atoms with Gasteiger partial charge in [-0.2, -0.15) is 13.1 Å². The number of sulfonamides is 1. The third kappa shape index (κ3) is 4.31. The second kappa shape index (κ2) is 7.44. The van der Waals surface area contributed by atoms with Crippen LogP contribution in [0.1, 0.15) is 22.4 Å². The van der Waals surface area contributed by atoms with Gasteiger partial charge in [-0.25, -0.2) is 0 Å². The number of hydrogen-bond acceptors (Lipinski definition) is 2. The molecule has 6 nitrogen and oxygen atoms in total. The normalized spacial score (nSPS) is 12.5. The number of guanidine groups is 1. The second-order valence-electron chi connectivity index (χ2n) is 6.79. The number of H-pyrrole nitrogens is 1. The Balaban J connectivity index is 1.70. The molecule has 142 valence electrons. The minimum atomic E-state index is -3.69. The lowest BCUT2D eigenvalue weighted by atomic mass is 10.1. The molecule has 1 heterocycles. The maximum atomic E-state index is 12.4. The predicted octanol–water partition coefficient (Wildman–Crippen LogP) is 1.01. The van der Waals surface area contributed by atoms with Crippen molar-refractivity contribution in [3.63, 3.8) is 0 Å². The molecule has 0 fully saturated rings. The summed E-state index contributed by atoms with van der Waals surface area (Å²) in [5.74, 6) is 0.0178. The van der Waals surface area contributed by atoms with Crippen LogP contribution in [0.2, 0.25) is 0 Å². The average molecular weight is 386 g/mol. The first-order valence-electron chi connectivity index (χ1n) is 8.80. The van der Waals surface area contributed by atoms with Gasteiger partial charge in [0.2, 0.25) is 0 Å². The summed E-state index contributed by atoms with van der Waals surface area (Å²) >= 11 is 0. The molecule has 5 N–H and O–H groups in total. The molecule has 0 spiro atoms. The topological polar surface area (TPSA) is 102 Å². The largest absolute Gasteiger partial charge is 0.358 e. The summed E-state index contributed by atoms with van der Waals surface area (Å²) in [6.07, 6.45) is 0.724. The number of nitrogens with two attached hydrogens (primary N) is 1. The second-order valence-corrected chi connectivity index (χ2v) is 8.47. The van der Waals surface area contributed by atoms with E-state index in [1.54, 1.807) is 24.3 Å². The van der Waals surface area contributed by atoms with E-state index in [4.69, 9.17) is 5.73 Å². The summed E-state index contributed by atoms with van der Waals surface area (Å²) in [4.78, 5) is 6.52. The third-order valence-electron chi connectivity index (χ3n) is 4.54. The SMILES string of the molecule is Cc1ccc(S(=O)(=O)NC(N)=[NH+]CCc2c(C)[nH]c3ccc(C)cc23)cc1. The van der Waals surface area contributed by atoms with Crippen LogP contribution in [-0.2, 0) is 16.4 Å². The summed E-state index contributed by atoms with van der Waals surface area (Å²) < 4.78 is 27.1. The Kier molecular flexibility index (Phi) is 5.23. The number of aromatic amines is 1. The average Bonchev–Trinajstić information content (AvgIpc) is 2.90. The fourth-order valence-corrected chi connectivity index (χ4v) is 4.07. The van der Waals surface area contributed by atoms with Gasteiger partial charge in [0.05, 0.1) is 6.54 Å². The van der Waals surface area contributed by atoms with Crippen LogP contribution in [0.15, 0.2) is 47.4 Å². The highest BCUT2D eigenvalue weighted by Crippen LogP contribution is 2.23. The number of benzene rings is 2. The van der Waals surface area contributed by atoms with E-state index in [1.807, 2.05) is 13.8 Å². The molecule has 1 aromatic heterocycles. The summed E-state index contributed by atoms with van der Waals surface area (Å²) in [7, 11) is -3.69. The zero-order valence-corrected chi connectivity index (χ0v) is 16.6. The van der Waals surface area contributed by atoms with E-state index in [-0.39, 0.29) is 10.9 Å². The van der Waals surface area contributed by atoms with Crippen LogP contribution in [0.25, 0.3) is 10.9 Å². The highest BCUT2D eigenvalue weighted by molar-refractivity contribution is 7.90. The van der Waals surface area contributed by atoms with Crippen molar-refractivity contribution in [3.05, 3.63) is 64.8 Å². The Hall–Kier alpha value is -2.80. The van der Waals surface area contributed by atoms with Crippen LogP contribution in [0.3, 0.4) is 0 Å². The zero-order valence-electron chi connectivity index (χ0n) is 15.8. The van der Waals surface area contributed by atoms with Crippen LogP contribution in [0.5, 0.6) is 0 Å². The van der Waals surface area contributed by atoms with Crippen molar-refractivity contribution in [2.75, 3.05) is 6.54 Å². The van der Waals surface area contributed by atoms with E-state index in [1.165, 1.54) is 16.5 Å². The van der Waals surface area contributed by atoms with Gasteiger partial charge >= 0.3 is 16.0 Å².